The highest BCUT2D eigenvalue weighted by Gasteiger charge is 2.26. The Labute approximate surface area is 172 Å². The molecule has 1 saturated heterocycles. The van der Waals surface area contributed by atoms with E-state index in [2.05, 4.69) is 5.32 Å². The fourth-order valence-electron chi connectivity index (χ4n) is 2.66. The number of nitrogens with zero attached hydrogens (tertiary/aromatic N) is 2. The summed E-state index contributed by atoms with van der Waals surface area (Å²) in [4.78, 5) is 30.3. The van der Waals surface area contributed by atoms with Gasteiger partial charge in [0.05, 0.1) is 18.7 Å². The number of nitrogens with one attached hydrogen (secondary N) is 1. The zero-order chi connectivity index (χ0) is 21.2. The van der Waals surface area contributed by atoms with Crippen LogP contribution >= 0.6 is 11.6 Å². The second-order valence-corrected chi connectivity index (χ2v) is 8.32. The van der Waals surface area contributed by atoms with Crippen molar-refractivity contribution in [2.24, 2.45) is 0 Å². The molecule has 1 heterocycles. The Hall–Kier alpha value is -2.66. The Kier molecular flexibility index (Phi) is 6.08. The van der Waals surface area contributed by atoms with Gasteiger partial charge in [0.1, 0.15) is 11.5 Å². The fraction of sp³-hybridized carbons (Fsp3) is 0.222. The average molecular weight is 440 g/mol. The molecular weight excluding hydrogens is 422 g/mol. The second-order valence-electron chi connectivity index (χ2n) is 6.01. The molecule has 1 aliphatic heterocycles. The Balaban J connectivity index is 1.85. The van der Waals surface area contributed by atoms with E-state index >= 15 is 0 Å². The molecule has 0 bridgehead atoms. The van der Waals surface area contributed by atoms with Crippen LogP contribution in [0.5, 0.6) is 0 Å². The van der Waals surface area contributed by atoms with Crippen LogP contribution in [0, 0.1) is 0 Å². The van der Waals surface area contributed by atoms with E-state index in [0.29, 0.717) is 29.0 Å². The number of cyclic esters (lactones) is 1. The van der Waals surface area contributed by atoms with E-state index in [1.165, 1.54) is 37.3 Å². The quantitative estimate of drug-likeness (QED) is 0.694. The summed E-state index contributed by atoms with van der Waals surface area (Å²) in [5.74, 6) is -0.542. The van der Waals surface area contributed by atoms with Crippen molar-refractivity contribution in [3.63, 3.8) is 0 Å². The number of benzene rings is 2. The summed E-state index contributed by atoms with van der Waals surface area (Å²) in [6.45, 7) is 0.717. The number of halogens is 1. The van der Waals surface area contributed by atoms with Crippen LogP contribution in [0.1, 0.15) is 10.4 Å². The second kappa shape index (κ2) is 8.37. The summed E-state index contributed by atoms with van der Waals surface area (Å²) in [5, 5.41) is 2.64. The van der Waals surface area contributed by atoms with Gasteiger partial charge in [-0.15, -0.1) is 0 Å². The maximum absolute atomic E-state index is 12.6. The molecule has 154 valence electrons. The summed E-state index contributed by atoms with van der Waals surface area (Å²) >= 11 is 6.01. The number of ether oxygens (including phenoxy) is 1. The van der Waals surface area contributed by atoms with Gasteiger partial charge in [0.2, 0.25) is 0 Å². The van der Waals surface area contributed by atoms with Crippen molar-refractivity contribution in [3.8, 4) is 0 Å². The molecule has 1 fully saturated rings. The van der Waals surface area contributed by atoms with Gasteiger partial charge in [-0.25, -0.2) is 13.2 Å². The Bertz CT molecular complexity index is 1060. The van der Waals surface area contributed by atoms with E-state index in [0.717, 1.165) is 0 Å². The number of hydrogen-bond acceptors (Lipinski definition) is 6. The number of carbonyl (C=O) groups excluding carboxylic acids is 2. The first kappa shape index (κ1) is 21.1. The maximum Gasteiger partial charge on any atom is 0.414 e. The predicted molar refractivity (Wildman–Crippen MR) is 106 cm³/mol. The van der Waals surface area contributed by atoms with Crippen LogP contribution < -0.4 is 10.2 Å². The molecule has 2 aromatic carbocycles. The van der Waals surface area contributed by atoms with E-state index in [1.807, 2.05) is 0 Å². The lowest BCUT2D eigenvalue weighted by molar-refractivity contribution is -0.0258. The van der Waals surface area contributed by atoms with Crippen molar-refractivity contribution < 1.29 is 27.6 Å². The number of hydrogen-bond donors (Lipinski definition) is 1. The maximum atomic E-state index is 12.6. The molecule has 1 N–H and O–H groups in total. The van der Waals surface area contributed by atoms with Crippen LogP contribution in [0.2, 0.25) is 5.02 Å². The van der Waals surface area contributed by atoms with Crippen LogP contribution in [0.4, 0.5) is 16.2 Å². The number of sulfonamides is 1. The highest BCUT2D eigenvalue weighted by atomic mass is 35.5. The smallest absolute Gasteiger partial charge is 0.414 e. The molecule has 0 saturated carbocycles. The summed E-state index contributed by atoms with van der Waals surface area (Å²) in [7, 11) is -1.62. The molecule has 0 radical (unpaired) electrons. The minimum absolute atomic E-state index is 0.0417. The third-order valence-electron chi connectivity index (χ3n) is 4.24. The van der Waals surface area contributed by atoms with Gasteiger partial charge >= 0.3 is 6.09 Å². The molecule has 11 heteroatoms. The minimum atomic E-state index is -4.03. The van der Waals surface area contributed by atoms with Crippen molar-refractivity contribution in [1.82, 2.24) is 4.47 Å². The Morgan fingerprint density at radius 3 is 2.69 bits per heavy atom. The number of amides is 2. The molecule has 0 aliphatic carbocycles. The van der Waals surface area contributed by atoms with Gasteiger partial charge in [0, 0.05) is 24.0 Å². The lowest BCUT2D eigenvalue weighted by Crippen LogP contribution is -2.26. The van der Waals surface area contributed by atoms with Crippen LogP contribution in [0.3, 0.4) is 0 Å². The molecule has 2 amide bonds. The predicted octanol–water partition coefficient (Wildman–Crippen LogP) is 2.73. The monoisotopic (exact) mass is 439 g/mol. The summed E-state index contributed by atoms with van der Waals surface area (Å²) in [6.07, 6.45) is -0.455. The zero-order valence-corrected chi connectivity index (χ0v) is 17.2. The van der Waals surface area contributed by atoms with E-state index < -0.39 is 22.0 Å². The summed E-state index contributed by atoms with van der Waals surface area (Å²) in [6, 6.07) is 10.6. The number of carbonyl (C=O) groups is 2. The lowest BCUT2D eigenvalue weighted by atomic mass is 10.2. The van der Waals surface area contributed by atoms with Crippen molar-refractivity contribution in [2.45, 2.75) is 4.90 Å². The van der Waals surface area contributed by atoms with Gasteiger partial charge in [0.25, 0.3) is 15.9 Å². The molecule has 29 heavy (non-hydrogen) atoms. The van der Waals surface area contributed by atoms with Crippen LogP contribution in [-0.2, 0) is 19.6 Å². The van der Waals surface area contributed by atoms with Gasteiger partial charge in [-0.05, 0) is 36.4 Å². The van der Waals surface area contributed by atoms with E-state index in [9.17, 15) is 18.0 Å². The van der Waals surface area contributed by atoms with Gasteiger partial charge in [0.15, 0.2) is 0 Å². The van der Waals surface area contributed by atoms with E-state index in [4.69, 9.17) is 21.2 Å². The van der Waals surface area contributed by atoms with Crippen LogP contribution in [-0.4, -0.2) is 52.2 Å². The minimum Gasteiger partial charge on any atom is -0.447 e. The molecular formula is C18H18ClN3O6S. The molecule has 0 aromatic heterocycles. The highest BCUT2D eigenvalue weighted by molar-refractivity contribution is 7.89. The molecule has 0 unspecified atom stereocenters. The van der Waals surface area contributed by atoms with Crippen LogP contribution in [0.25, 0.3) is 0 Å². The fourth-order valence-corrected chi connectivity index (χ4v) is 4.14. The number of hydroxylamine groups is 1. The van der Waals surface area contributed by atoms with Crippen molar-refractivity contribution in [3.05, 3.63) is 53.1 Å². The third kappa shape index (κ3) is 4.35. The third-order valence-corrected chi connectivity index (χ3v) is 6.40. The van der Waals surface area contributed by atoms with Gasteiger partial charge in [-0.2, -0.15) is 0 Å². The zero-order valence-electron chi connectivity index (χ0n) is 15.6. The summed E-state index contributed by atoms with van der Waals surface area (Å²) in [5.41, 5.74) is 1.09. The van der Waals surface area contributed by atoms with E-state index in [1.54, 1.807) is 24.3 Å². The molecule has 1 aliphatic rings. The first-order valence-corrected chi connectivity index (χ1v) is 10.2. The first-order chi connectivity index (χ1) is 13.7. The summed E-state index contributed by atoms with van der Waals surface area (Å²) < 4.78 is 30.5. The molecule has 2 aromatic rings. The van der Waals surface area contributed by atoms with Crippen molar-refractivity contribution >= 4 is 45.0 Å². The average Bonchev–Trinajstić information content (AvgIpc) is 3.13. The standard InChI is InChI=1S/C18H18ClN3O6S/c1-21(27-2)29(25,26)16-10-12(6-7-15(16)19)17(23)20-13-4-3-5-14(11-13)22-8-9-28-18(22)24/h3-7,10-11H,8-9H2,1-2H3,(H,20,23). The lowest BCUT2D eigenvalue weighted by Gasteiger charge is -2.16. The largest absolute Gasteiger partial charge is 0.447 e. The number of anilines is 2. The van der Waals surface area contributed by atoms with Gasteiger partial charge in [-0.1, -0.05) is 22.1 Å². The van der Waals surface area contributed by atoms with Gasteiger partial charge in [-0.3, -0.25) is 14.5 Å². The SMILES string of the molecule is CON(C)S(=O)(=O)c1cc(C(=O)Nc2cccc(N3CCOC3=O)c2)ccc1Cl. The normalized spacial score (nSPS) is 14.2. The molecule has 0 atom stereocenters. The highest BCUT2D eigenvalue weighted by Crippen LogP contribution is 2.27. The molecule has 3 rings (SSSR count). The number of rotatable bonds is 6. The van der Waals surface area contributed by atoms with Crippen LogP contribution in [0.15, 0.2) is 47.4 Å². The Morgan fingerprint density at radius 1 is 1.28 bits per heavy atom. The van der Waals surface area contributed by atoms with E-state index in [-0.39, 0.29) is 15.5 Å². The van der Waals surface area contributed by atoms with Gasteiger partial charge < -0.3 is 10.1 Å². The molecule has 9 nitrogen and oxygen atoms in total. The van der Waals surface area contributed by atoms with Crippen molar-refractivity contribution in [2.75, 3.05) is 37.5 Å². The first-order valence-electron chi connectivity index (χ1n) is 8.42. The van der Waals surface area contributed by atoms with Crippen molar-refractivity contribution in [1.29, 1.82) is 0 Å². The Morgan fingerprint density at radius 2 is 2.03 bits per heavy atom. The molecule has 0 spiro atoms. The topological polar surface area (TPSA) is 105 Å².